The zero-order chi connectivity index (χ0) is 15.1. The van der Waals surface area contributed by atoms with E-state index in [2.05, 4.69) is 25.8 Å². The predicted molar refractivity (Wildman–Crippen MR) is 84.9 cm³/mol. The molecule has 8 heteroatoms. The molecule has 2 aromatic heterocycles. The van der Waals surface area contributed by atoms with Gasteiger partial charge in [0.05, 0.1) is 20.9 Å². The highest BCUT2D eigenvalue weighted by Gasteiger charge is 2.21. The SMILES string of the molecule is Cc1nn(C(C)C)c(C)c1NS(=O)(=O)c1ccc(Br)s1. The van der Waals surface area contributed by atoms with Crippen LogP contribution in [0.5, 0.6) is 0 Å². The predicted octanol–water partition coefficient (Wildman–Crippen LogP) is 3.71. The van der Waals surface area contributed by atoms with Crippen LogP contribution in [-0.4, -0.2) is 18.2 Å². The highest BCUT2D eigenvalue weighted by Crippen LogP contribution is 2.30. The largest absolute Gasteiger partial charge is 0.275 e. The fourth-order valence-corrected chi connectivity index (χ4v) is 5.13. The molecule has 2 aromatic rings. The van der Waals surface area contributed by atoms with Gasteiger partial charge in [-0.15, -0.1) is 11.3 Å². The number of anilines is 1. The minimum absolute atomic E-state index is 0.183. The van der Waals surface area contributed by atoms with Gasteiger partial charge in [0.1, 0.15) is 4.21 Å². The number of aromatic nitrogens is 2. The molecule has 0 aliphatic heterocycles. The molecule has 2 heterocycles. The lowest BCUT2D eigenvalue weighted by Crippen LogP contribution is -2.13. The summed E-state index contributed by atoms with van der Waals surface area (Å²) < 4.78 is 30.2. The second-order valence-electron chi connectivity index (χ2n) is 4.75. The summed E-state index contributed by atoms with van der Waals surface area (Å²) in [5.74, 6) is 0. The molecule has 0 atom stereocenters. The van der Waals surface area contributed by atoms with Crippen LogP contribution < -0.4 is 4.72 Å². The molecule has 110 valence electrons. The van der Waals surface area contributed by atoms with E-state index in [1.54, 1.807) is 19.1 Å². The molecular formula is C12H16BrN3O2S2. The number of halogens is 1. The van der Waals surface area contributed by atoms with Crippen LogP contribution in [0.1, 0.15) is 31.3 Å². The quantitative estimate of drug-likeness (QED) is 0.882. The van der Waals surface area contributed by atoms with E-state index in [0.29, 0.717) is 11.4 Å². The van der Waals surface area contributed by atoms with Crippen LogP contribution in [0.15, 0.2) is 20.1 Å². The van der Waals surface area contributed by atoms with Gasteiger partial charge in [-0.2, -0.15) is 5.10 Å². The van der Waals surface area contributed by atoms with Crippen molar-refractivity contribution in [2.75, 3.05) is 4.72 Å². The van der Waals surface area contributed by atoms with Gasteiger partial charge in [0.25, 0.3) is 10.0 Å². The molecule has 0 bridgehead atoms. The number of sulfonamides is 1. The molecular weight excluding hydrogens is 362 g/mol. The summed E-state index contributed by atoms with van der Waals surface area (Å²) in [6.45, 7) is 7.68. The summed E-state index contributed by atoms with van der Waals surface area (Å²) >= 11 is 4.45. The van der Waals surface area contributed by atoms with Gasteiger partial charge >= 0.3 is 0 Å². The Kier molecular flexibility index (Phi) is 4.27. The molecule has 0 aliphatic rings. The van der Waals surface area contributed by atoms with Gasteiger partial charge < -0.3 is 0 Å². The molecule has 2 rings (SSSR count). The highest BCUT2D eigenvalue weighted by atomic mass is 79.9. The number of aryl methyl sites for hydroxylation is 1. The van der Waals surface area contributed by atoms with E-state index in [9.17, 15) is 8.42 Å². The maximum atomic E-state index is 12.3. The lowest BCUT2D eigenvalue weighted by molar-refractivity contribution is 0.516. The average Bonchev–Trinajstić information content (AvgIpc) is 2.88. The topological polar surface area (TPSA) is 64.0 Å². The van der Waals surface area contributed by atoms with Crippen LogP contribution in [0.4, 0.5) is 5.69 Å². The van der Waals surface area contributed by atoms with E-state index >= 15 is 0 Å². The third kappa shape index (κ3) is 2.91. The maximum Gasteiger partial charge on any atom is 0.271 e. The standard InChI is InChI=1S/C12H16BrN3O2S2/c1-7(2)16-9(4)12(8(3)14-16)15-20(17,18)11-6-5-10(13)19-11/h5-7,15H,1-4H3. The minimum atomic E-state index is -3.56. The van der Waals surface area contributed by atoms with Crippen molar-refractivity contribution in [1.82, 2.24) is 9.78 Å². The van der Waals surface area contributed by atoms with Crippen LogP contribution in [-0.2, 0) is 10.0 Å². The Bertz CT molecular complexity index is 732. The van der Waals surface area contributed by atoms with Crippen molar-refractivity contribution >= 4 is 43.0 Å². The average molecular weight is 378 g/mol. The van der Waals surface area contributed by atoms with Gasteiger partial charge in [-0.1, -0.05) is 0 Å². The van der Waals surface area contributed by atoms with E-state index in [1.165, 1.54) is 11.3 Å². The Labute approximate surface area is 131 Å². The summed E-state index contributed by atoms with van der Waals surface area (Å²) in [6.07, 6.45) is 0. The van der Waals surface area contributed by atoms with Crippen LogP contribution in [0.3, 0.4) is 0 Å². The van der Waals surface area contributed by atoms with Gasteiger partial charge in [-0.05, 0) is 55.8 Å². The first kappa shape index (κ1) is 15.5. The lowest BCUT2D eigenvalue weighted by Gasteiger charge is -2.09. The molecule has 0 spiro atoms. The summed E-state index contributed by atoms with van der Waals surface area (Å²) in [4.78, 5) is 0. The van der Waals surface area contributed by atoms with Crippen LogP contribution in [0, 0.1) is 13.8 Å². The Morgan fingerprint density at radius 3 is 2.45 bits per heavy atom. The Morgan fingerprint density at radius 2 is 2.00 bits per heavy atom. The fourth-order valence-electron chi connectivity index (χ4n) is 1.94. The minimum Gasteiger partial charge on any atom is -0.275 e. The Morgan fingerprint density at radius 1 is 1.35 bits per heavy atom. The number of hydrogen-bond acceptors (Lipinski definition) is 4. The first-order valence-corrected chi connectivity index (χ1v) is 9.15. The van der Waals surface area contributed by atoms with Crippen molar-refractivity contribution in [3.8, 4) is 0 Å². The molecule has 0 saturated heterocycles. The smallest absolute Gasteiger partial charge is 0.271 e. The Hall–Kier alpha value is -0.860. The van der Waals surface area contributed by atoms with Gasteiger partial charge in [0.15, 0.2) is 0 Å². The Balaban J connectivity index is 2.40. The third-order valence-corrected chi connectivity index (χ3v) is 6.33. The van der Waals surface area contributed by atoms with Crippen molar-refractivity contribution in [2.24, 2.45) is 0 Å². The maximum absolute atomic E-state index is 12.3. The van der Waals surface area contributed by atoms with Crippen LogP contribution >= 0.6 is 27.3 Å². The zero-order valence-electron chi connectivity index (χ0n) is 11.6. The van der Waals surface area contributed by atoms with E-state index in [-0.39, 0.29) is 10.3 Å². The molecule has 0 aliphatic carbocycles. The molecule has 1 N–H and O–H groups in total. The van der Waals surface area contributed by atoms with Crippen molar-refractivity contribution in [3.05, 3.63) is 27.3 Å². The summed E-state index contributed by atoms with van der Waals surface area (Å²) in [5.41, 5.74) is 2.05. The highest BCUT2D eigenvalue weighted by molar-refractivity contribution is 9.11. The molecule has 20 heavy (non-hydrogen) atoms. The normalized spacial score (nSPS) is 12.1. The van der Waals surface area contributed by atoms with Crippen LogP contribution in [0.25, 0.3) is 0 Å². The lowest BCUT2D eigenvalue weighted by atomic mass is 10.3. The number of thiophene rings is 1. The summed E-state index contributed by atoms with van der Waals surface area (Å²) in [7, 11) is -3.56. The first-order chi connectivity index (χ1) is 9.22. The van der Waals surface area contributed by atoms with Crippen molar-refractivity contribution in [3.63, 3.8) is 0 Å². The monoisotopic (exact) mass is 377 g/mol. The molecule has 0 amide bonds. The van der Waals surface area contributed by atoms with Gasteiger partial charge in [-0.25, -0.2) is 8.42 Å². The van der Waals surface area contributed by atoms with Crippen molar-refractivity contribution in [1.29, 1.82) is 0 Å². The zero-order valence-corrected chi connectivity index (χ0v) is 14.9. The van der Waals surface area contributed by atoms with Gasteiger partial charge in [-0.3, -0.25) is 9.40 Å². The van der Waals surface area contributed by atoms with Crippen molar-refractivity contribution in [2.45, 2.75) is 37.9 Å². The molecule has 0 aromatic carbocycles. The number of nitrogens with one attached hydrogen (secondary N) is 1. The third-order valence-electron chi connectivity index (χ3n) is 2.86. The van der Waals surface area contributed by atoms with E-state index in [0.717, 1.165) is 9.48 Å². The molecule has 0 fully saturated rings. The molecule has 0 saturated carbocycles. The number of rotatable bonds is 4. The molecule has 5 nitrogen and oxygen atoms in total. The van der Waals surface area contributed by atoms with E-state index in [1.807, 2.05) is 25.5 Å². The summed E-state index contributed by atoms with van der Waals surface area (Å²) in [5, 5.41) is 4.38. The second-order valence-corrected chi connectivity index (χ2v) is 9.12. The number of hydrogen-bond donors (Lipinski definition) is 1. The van der Waals surface area contributed by atoms with E-state index in [4.69, 9.17) is 0 Å². The first-order valence-electron chi connectivity index (χ1n) is 6.06. The number of nitrogens with zero attached hydrogens (tertiary/aromatic N) is 2. The van der Waals surface area contributed by atoms with Gasteiger partial charge in [0.2, 0.25) is 0 Å². The molecule has 0 unspecified atom stereocenters. The van der Waals surface area contributed by atoms with Gasteiger partial charge in [0, 0.05) is 6.04 Å². The fraction of sp³-hybridized carbons (Fsp3) is 0.417. The van der Waals surface area contributed by atoms with Crippen LogP contribution in [0.2, 0.25) is 0 Å². The second kappa shape index (κ2) is 5.50. The van der Waals surface area contributed by atoms with Crippen molar-refractivity contribution < 1.29 is 8.42 Å². The van der Waals surface area contributed by atoms with E-state index < -0.39 is 10.0 Å². The molecule has 0 radical (unpaired) electrons. The summed E-state index contributed by atoms with van der Waals surface area (Å²) in [6, 6.07) is 3.48.